The topological polar surface area (TPSA) is 106 Å². The molecule has 0 atom stereocenters. The van der Waals surface area contributed by atoms with Crippen LogP contribution in [0.1, 0.15) is 17.7 Å². The molecule has 0 unspecified atom stereocenters. The fourth-order valence-corrected chi connectivity index (χ4v) is 1.17. The van der Waals surface area contributed by atoms with Gasteiger partial charge in [-0.1, -0.05) is 5.16 Å². The smallest absolute Gasteiger partial charge is 0.227 e. The monoisotopic (exact) mass is 225 g/mol. The number of amides is 1. The maximum atomic E-state index is 11.3. The van der Waals surface area contributed by atoms with E-state index in [-0.39, 0.29) is 18.2 Å². The predicted octanol–water partition coefficient (Wildman–Crippen LogP) is -0.519. The Balaban J connectivity index is 2.46. The molecule has 88 valence electrons. The molecule has 0 aliphatic rings. The fourth-order valence-electron chi connectivity index (χ4n) is 1.17. The average Bonchev–Trinajstić information content (AvgIpc) is 2.57. The molecule has 0 saturated carbocycles. The minimum absolute atomic E-state index is 0.111. The fraction of sp³-hybridized carbons (Fsp3) is 0.444. The van der Waals surface area contributed by atoms with E-state index < -0.39 is 0 Å². The van der Waals surface area contributed by atoms with Crippen molar-refractivity contribution in [3.63, 3.8) is 0 Å². The molecule has 0 radical (unpaired) electrons. The summed E-state index contributed by atoms with van der Waals surface area (Å²) in [4.78, 5) is 11.3. The number of nitrogens with two attached hydrogens (primary N) is 1. The number of aromatic nitrogens is 2. The van der Waals surface area contributed by atoms with Crippen molar-refractivity contribution in [2.24, 2.45) is 17.9 Å². The number of amidine groups is 1. The second kappa shape index (κ2) is 5.15. The molecule has 0 fully saturated rings. The van der Waals surface area contributed by atoms with Crippen molar-refractivity contribution in [3.8, 4) is 0 Å². The molecule has 1 heterocycles. The molecule has 0 spiro atoms. The molecule has 0 aromatic carbocycles. The maximum absolute atomic E-state index is 11.3. The van der Waals surface area contributed by atoms with Crippen molar-refractivity contribution < 1.29 is 10.0 Å². The van der Waals surface area contributed by atoms with E-state index in [1.807, 2.05) is 14.0 Å². The third-order valence-electron chi connectivity index (χ3n) is 2.28. The predicted molar refractivity (Wildman–Crippen MR) is 57.8 cm³/mol. The summed E-state index contributed by atoms with van der Waals surface area (Å²) < 4.78 is 1.73. The number of nitrogens with zero attached hydrogens (tertiary/aromatic N) is 3. The van der Waals surface area contributed by atoms with Gasteiger partial charge >= 0.3 is 0 Å². The Morgan fingerprint density at radius 1 is 1.75 bits per heavy atom. The number of carbonyl (C=O) groups is 1. The van der Waals surface area contributed by atoms with Crippen LogP contribution in [0.15, 0.2) is 11.4 Å². The van der Waals surface area contributed by atoms with E-state index in [0.717, 1.165) is 11.3 Å². The number of oxime groups is 1. The van der Waals surface area contributed by atoms with E-state index in [1.165, 1.54) is 0 Å². The Morgan fingerprint density at radius 3 is 2.94 bits per heavy atom. The van der Waals surface area contributed by atoms with E-state index in [9.17, 15) is 4.79 Å². The normalized spacial score (nSPS) is 11.5. The molecular formula is C9H15N5O2. The summed E-state index contributed by atoms with van der Waals surface area (Å²) in [7, 11) is 1.83. The maximum Gasteiger partial charge on any atom is 0.227 e. The molecule has 0 aliphatic carbocycles. The zero-order valence-electron chi connectivity index (χ0n) is 9.27. The second-order valence-corrected chi connectivity index (χ2v) is 3.42. The molecular weight excluding hydrogens is 210 g/mol. The molecule has 0 aliphatic heterocycles. The molecule has 16 heavy (non-hydrogen) atoms. The highest BCUT2D eigenvalue weighted by molar-refractivity contribution is 5.98. The van der Waals surface area contributed by atoms with E-state index >= 15 is 0 Å². The molecule has 0 saturated heterocycles. The van der Waals surface area contributed by atoms with Crippen molar-refractivity contribution in [1.29, 1.82) is 0 Å². The van der Waals surface area contributed by atoms with Crippen LogP contribution < -0.4 is 11.1 Å². The van der Waals surface area contributed by atoms with Crippen LogP contribution in [-0.4, -0.2) is 26.7 Å². The van der Waals surface area contributed by atoms with Gasteiger partial charge in [0.1, 0.15) is 5.84 Å². The van der Waals surface area contributed by atoms with E-state index in [2.05, 4.69) is 15.6 Å². The Bertz CT molecular complexity index is 410. The van der Waals surface area contributed by atoms with Gasteiger partial charge in [-0.15, -0.1) is 0 Å². The summed E-state index contributed by atoms with van der Waals surface area (Å²) in [5.74, 6) is -0.404. The van der Waals surface area contributed by atoms with E-state index in [1.54, 1.807) is 10.9 Å². The summed E-state index contributed by atoms with van der Waals surface area (Å²) in [6.07, 6.45) is 1.58. The van der Waals surface area contributed by atoms with Crippen molar-refractivity contribution in [3.05, 3.63) is 17.5 Å². The van der Waals surface area contributed by atoms with Crippen molar-refractivity contribution in [2.75, 3.05) is 0 Å². The lowest BCUT2D eigenvalue weighted by molar-refractivity contribution is -0.120. The zero-order valence-corrected chi connectivity index (χ0v) is 9.27. The first-order valence-corrected chi connectivity index (χ1v) is 4.75. The Hall–Kier alpha value is -2.05. The van der Waals surface area contributed by atoms with Crippen molar-refractivity contribution in [1.82, 2.24) is 15.1 Å². The summed E-state index contributed by atoms with van der Waals surface area (Å²) in [5, 5.41) is 17.7. The highest BCUT2D eigenvalue weighted by Gasteiger charge is 2.07. The quantitative estimate of drug-likeness (QED) is 0.277. The average molecular weight is 225 g/mol. The Kier molecular flexibility index (Phi) is 3.87. The van der Waals surface area contributed by atoms with Crippen LogP contribution in [0.25, 0.3) is 0 Å². The van der Waals surface area contributed by atoms with Gasteiger partial charge in [-0.25, -0.2) is 0 Å². The Labute approximate surface area is 92.9 Å². The van der Waals surface area contributed by atoms with Gasteiger partial charge in [0.05, 0.1) is 12.6 Å². The Morgan fingerprint density at radius 2 is 2.44 bits per heavy atom. The molecule has 7 heteroatoms. The van der Waals surface area contributed by atoms with Gasteiger partial charge in [-0.3, -0.25) is 9.48 Å². The molecule has 1 aromatic heterocycles. The van der Waals surface area contributed by atoms with Gasteiger partial charge in [0.2, 0.25) is 5.91 Å². The first-order valence-electron chi connectivity index (χ1n) is 4.75. The molecule has 1 rings (SSSR count). The molecule has 1 amide bonds. The van der Waals surface area contributed by atoms with Gasteiger partial charge in [-0.2, -0.15) is 5.10 Å². The van der Waals surface area contributed by atoms with Gasteiger partial charge in [0.15, 0.2) is 0 Å². The SMILES string of the molecule is Cc1c(CNC(=O)CC(N)=NO)cnn1C. The van der Waals surface area contributed by atoms with Gasteiger partial charge in [0, 0.05) is 24.8 Å². The first kappa shape index (κ1) is 12.0. The third kappa shape index (κ3) is 2.97. The lowest BCUT2D eigenvalue weighted by Gasteiger charge is -2.04. The number of aryl methyl sites for hydroxylation is 1. The highest BCUT2D eigenvalue weighted by Crippen LogP contribution is 2.04. The lowest BCUT2D eigenvalue weighted by atomic mass is 10.2. The second-order valence-electron chi connectivity index (χ2n) is 3.42. The van der Waals surface area contributed by atoms with Crippen molar-refractivity contribution >= 4 is 11.7 Å². The number of carbonyl (C=O) groups excluding carboxylic acids is 1. The highest BCUT2D eigenvalue weighted by atomic mass is 16.4. The number of hydrogen-bond acceptors (Lipinski definition) is 4. The summed E-state index contributed by atoms with van der Waals surface area (Å²) in [6.45, 7) is 2.30. The minimum atomic E-state index is -0.293. The van der Waals surface area contributed by atoms with E-state index in [0.29, 0.717) is 6.54 Å². The molecule has 1 aromatic rings. The van der Waals surface area contributed by atoms with E-state index in [4.69, 9.17) is 10.9 Å². The zero-order chi connectivity index (χ0) is 12.1. The number of nitrogens with one attached hydrogen (secondary N) is 1. The summed E-state index contributed by atoms with van der Waals surface area (Å²) >= 11 is 0. The van der Waals surface area contributed by atoms with Crippen LogP contribution in [0.4, 0.5) is 0 Å². The number of hydrogen-bond donors (Lipinski definition) is 3. The largest absolute Gasteiger partial charge is 0.409 e. The van der Waals surface area contributed by atoms with Crippen molar-refractivity contribution in [2.45, 2.75) is 19.9 Å². The van der Waals surface area contributed by atoms with Gasteiger partial charge in [0.25, 0.3) is 0 Å². The minimum Gasteiger partial charge on any atom is -0.409 e. The molecule has 0 bridgehead atoms. The van der Waals surface area contributed by atoms with Crippen LogP contribution in [-0.2, 0) is 18.4 Å². The third-order valence-corrected chi connectivity index (χ3v) is 2.28. The summed E-state index contributed by atoms with van der Waals surface area (Å²) in [5.41, 5.74) is 7.13. The molecule has 7 nitrogen and oxygen atoms in total. The van der Waals surface area contributed by atoms with Crippen LogP contribution in [0.3, 0.4) is 0 Å². The molecule has 4 N–H and O–H groups in total. The van der Waals surface area contributed by atoms with Crippen LogP contribution >= 0.6 is 0 Å². The van der Waals surface area contributed by atoms with Crippen LogP contribution in [0.5, 0.6) is 0 Å². The van der Waals surface area contributed by atoms with Gasteiger partial charge < -0.3 is 16.3 Å². The standard InChI is InChI=1S/C9H15N5O2/c1-6-7(5-12-14(6)2)4-11-9(15)3-8(10)13-16/h5,16H,3-4H2,1-2H3,(H2,10,13)(H,11,15). The summed E-state index contributed by atoms with van der Waals surface area (Å²) in [6, 6.07) is 0. The van der Waals surface area contributed by atoms with Crippen LogP contribution in [0.2, 0.25) is 0 Å². The van der Waals surface area contributed by atoms with Crippen LogP contribution in [0, 0.1) is 6.92 Å². The number of rotatable bonds is 4. The van der Waals surface area contributed by atoms with Gasteiger partial charge in [-0.05, 0) is 6.92 Å². The lowest BCUT2D eigenvalue weighted by Crippen LogP contribution is -2.28. The first-order chi connectivity index (χ1) is 7.54.